The molecule has 3 rings (SSSR count). The third kappa shape index (κ3) is 7.99. The van der Waals surface area contributed by atoms with Gasteiger partial charge in [0, 0.05) is 6.07 Å². The summed E-state index contributed by atoms with van der Waals surface area (Å²) in [5.41, 5.74) is 1.10. The maximum absolute atomic E-state index is 10.6. The van der Waals surface area contributed by atoms with Gasteiger partial charge in [-0.25, -0.2) is 8.42 Å². The molecule has 0 saturated carbocycles. The fraction of sp³-hybridized carbons (Fsp3) is 0.300. The number of phenolic OH excluding ortho intramolecular Hbond substituents is 1. The summed E-state index contributed by atoms with van der Waals surface area (Å²) < 4.78 is 46.8. The van der Waals surface area contributed by atoms with Gasteiger partial charge >= 0.3 is 51.4 Å². The summed E-state index contributed by atoms with van der Waals surface area (Å²) in [6.07, 6.45) is -4.06. The second kappa shape index (κ2) is 12.1. The molecule has 33 heavy (non-hydrogen) atoms. The topological polar surface area (TPSA) is 186 Å². The van der Waals surface area contributed by atoms with Gasteiger partial charge in [-0.3, -0.25) is 0 Å². The van der Waals surface area contributed by atoms with Crippen LogP contribution >= 0.6 is 0 Å². The molecule has 5 atom stereocenters. The monoisotopic (exact) mass is 508 g/mol. The van der Waals surface area contributed by atoms with Crippen LogP contribution in [-0.4, -0.2) is 75.8 Å². The van der Waals surface area contributed by atoms with E-state index in [9.17, 15) is 38.5 Å². The summed E-state index contributed by atoms with van der Waals surface area (Å²) in [5.74, 6) is -0.223. The Morgan fingerprint density at radius 3 is 2.18 bits per heavy atom. The van der Waals surface area contributed by atoms with E-state index in [0.717, 1.165) is 0 Å². The Morgan fingerprint density at radius 1 is 0.939 bits per heavy atom. The molecule has 174 valence electrons. The zero-order valence-electron chi connectivity index (χ0n) is 17.4. The molecule has 1 aliphatic heterocycles. The van der Waals surface area contributed by atoms with Crippen molar-refractivity contribution in [3.05, 3.63) is 53.6 Å². The minimum Gasteiger partial charge on any atom is -0.716 e. The Kier molecular flexibility index (Phi) is 10.3. The van der Waals surface area contributed by atoms with Crippen molar-refractivity contribution in [2.45, 2.75) is 30.7 Å². The minimum atomic E-state index is -4.86. The zero-order valence-corrected chi connectivity index (χ0v) is 21.3. The molecule has 0 amide bonds. The molecule has 11 nitrogen and oxygen atoms in total. The molecular weight excluding hydrogens is 487 g/mol. The fourth-order valence-corrected chi connectivity index (χ4v) is 3.36. The molecule has 0 unspecified atom stereocenters. The van der Waals surface area contributed by atoms with E-state index in [1.807, 2.05) is 0 Å². The molecule has 2 aromatic rings. The number of benzene rings is 2. The van der Waals surface area contributed by atoms with Crippen molar-refractivity contribution in [3.8, 4) is 17.2 Å². The van der Waals surface area contributed by atoms with Crippen molar-refractivity contribution >= 4 is 22.6 Å². The molecule has 1 heterocycles. The summed E-state index contributed by atoms with van der Waals surface area (Å²) in [5, 5.41) is 49.0. The van der Waals surface area contributed by atoms with E-state index >= 15 is 0 Å². The Bertz CT molecular complexity index is 1060. The van der Waals surface area contributed by atoms with Crippen LogP contribution in [0.1, 0.15) is 11.1 Å². The molecule has 1 aliphatic rings. The average molecular weight is 509 g/mol. The second-order valence-corrected chi connectivity index (χ2v) is 7.95. The third-order valence-corrected chi connectivity index (χ3v) is 4.96. The Morgan fingerprint density at radius 2 is 1.58 bits per heavy atom. The molecular formula is C20H21KO11S. The van der Waals surface area contributed by atoms with Gasteiger partial charge in [0.2, 0.25) is 6.29 Å². The molecule has 0 aromatic heterocycles. The zero-order chi connectivity index (χ0) is 23.5. The van der Waals surface area contributed by atoms with E-state index in [2.05, 4.69) is 4.18 Å². The van der Waals surface area contributed by atoms with Crippen LogP contribution < -0.4 is 60.3 Å². The number of aliphatic hydroxyl groups excluding tert-OH is 4. The first-order chi connectivity index (χ1) is 15.1. The molecule has 0 aliphatic carbocycles. The predicted octanol–water partition coefficient (Wildman–Crippen LogP) is -3.42. The van der Waals surface area contributed by atoms with Gasteiger partial charge in [-0.15, -0.1) is 0 Å². The summed E-state index contributed by atoms with van der Waals surface area (Å²) in [6.45, 7) is -0.608. The maximum Gasteiger partial charge on any atom is 1.00 e. The van der Waals surface area contributed by atoms with Crippen LogP contribution in [0.3, 0.4) is 0 Å². The van der Waals surface area contributed by atoms with Gasteiger partial charge in [0.25, 0.3) is 10.4 Å². The van der Waals surface area contributed by atoms with Gasteiger partial charge in [0.1, 0.15) is 41.7 Å². The normalized spacial score (nSPS) is 25.4. The standard InChI is InChI=1S/C20H22O11S.K/c21-10-16-17(23)18(24)19(25)20(30-16)29-15-8-12(7-13(22)9-15)2-1-11-3-5-14(6-4-11)31-32(26,27)28;/h1-9,16-25H,10H2,(H,26,27,28);/q;+1/p-1/b2-1+;/t16-,17-,18+,19-,20-;/m1./s1. The van der Waals surface area contributed by atoms with Crippen LogP contribution in [0, 0.1) is 0 Å². The number of phenols is 1. The van der Waals surface area contributed by atoms with Gasteiger partial charge in [0.05, 0.1) is 6.61 Å². The summed E-state index contributed by atoms with van der Waals surface area (Å²) >= 11 is 0. The van der Waals surface area contributed by atoms with Gasteiger partial charge in [-0.1, -0.05) is 24.3 Å². The largest absolute Gasteiger partial charge is 1.00 e. The van der Waals surface area contributed by atoms with Crippen LogP contribution in [0.2, 0.25) is 0 Å². The van der Waals surface area contributed by atoms with Gasteiger partial charge in [-0.05, 0) is 35.4 Å². The molecule has 0 radical (unpaired) electrons. The Hall–Kier alpha value is -1.07. The minimum absolute atomic E-state index is 0. The molecule has 13 heteroatoms. The van der Waals surface area contributed by atoms with E-state index in [0.29, 0.717) is 11.1 Å². The van der Waals surface area contributed by atoms with E-state index in [-0.39, 0.29) is 68.6 Å². The summed E-state index contributed by atoms with van der Waals surface area (Å²) in [4.78, 5) is 0. The van der Waals surface area contributed by atoms with Crippen LogP contribution in [0.4, 0.5) is 0 Å². The number of aromatic hydroxyl groups is 1. The van der Waals surface area contributed by atoms with Gasteiger partial charge < -0.3 is 43.7 Å². The Balaban J connectivity index is 0.00000385. The first-order valence-corrected chi connectivity index (χ1v) is 10.6. The van der Waals surface area contributed by atoms with Crippen molar-refractivity contribution in [1.82, 2.24) is 0 Å². The van der Waals surface area contributed by atoms with Gasteiger partial charge in [0.15, 0.2) is 0 Å². The van der Waals surface area contributed by atoms with Crippen molar-refractivity contribution in [2.75, 3.05) is 6.61 Å². The predicted molar refractivity (Wildman–Crippen MR) is 108 cm³/mol. The summed E-state index contributed by atoms with van der Waals surface area (Å²) in [7, 11) is -4.86. The third-order valence-electron chi connectivity index (χ3n) is 4.56. The van der Waals surface area contributed by atoms with Crippen molar-refractivity contribution < 1.29 is 104 Å². The van der Waals surface area contributed by atoms with Crippen LogP contribution in [-0.2, 0) is 15.1 Å². The smallest absolute Gasteiger partial charge is 0.716 e. The van der Waals surface area contributed by atoms with Crippen molar-refractivity contribution in [3.63, 3.8) is 0 Å². The number of ether oxygens (including phenoxy) is 2. The SMILES string of the molecule is O=S(=O)([O-])Oc1ccc(/C=C/c2cc(O)cc(O[C@@H]3O[C@H](CO)[C@@H](O)[C@H](O)[C@H]3O)c2)cc1.[K+]. The molecule has 5 N–H and O–H groups in total. The first kappa shape index (κ1) is 28.2. The molecule has 1 saturated heterocycles. The Labute approximate surface area is 232 Å². The molecule has 2 aromatic carbocycles. The number of hydrogen-bond donors (Lipinski definition) is 5. The van der Waals surface area contributed by atoms with Crippen molar-refractivity contribution in [1.29, 1.82) is 0 Å². The van der Waals surface area contributed by atoms with Crippen LogP contribution in [0.5, 0.6) is 17.2 Å². The second-order valence-electron chi connectivity index (χ2n) is 6.97. The number of rotatable bonds is 7. The van der Waals surface area contributed by atoms with Gasteiger partial charge in [-0.2, -0.15) is 0 Å². The summed E-state index contributed by atoms with van der Waals surface area (Å²) in [6, 6.07) is 9.76. The van der Waals surface area contributed by atoms with E-state index in [1.54, 1.807) is 12.2 Å². The fourth-order valence-electron chi connectivity index (χ4n) is 3.01. The molecule has 0 bridgehead atoms. The van der Waals surface area contributed by atoms with E-state index in [1.165, 1.54) is 42.5 Å². The number of aliphatic hydroxyl groups is 4. The first-order valence-electron chi connectivity index (χ1n) is 9.30. The van der Waals surface area contributed by atoms with Crippen LogP contribution in [0.25, 0.3) is 12.2 Å². The van der Waals surface area contributed by atoms with Crippen molar-refractivity contribution in [2.24, 2.45) is 0 Å². The van der Waals surface area contributed by atoms with E-state index in [4.69, 9.17) is 9.47 Å². The van der Waals surface area contributed by atoms with Crippen LogP contribution in [0.15, 0.2) is 42.5 Å². The molecule has 0 spiro atoms. The molecule has 1 fully saturated rings. The average Bonchev–Trinajstić information content (AvgIpc) is 2.72. The maximum atomic E-state index is 10.6. The van der Waals surface area contributed by atoms with E-state index < -0.39 is 47.7 Å². The quantitative estimate of drug-likeness (QED) is 0.109. The number of hydrogen-bond acceptors (Lipinski definition) is 11.